The number of benzene rings is 2. The van der Waals surface area contributed by atoms with Crippen LogP contribution in [-0.4, -0.2) is 40.7 Å². The molecule has 2 aromatic rings. The van der Waals surface area contributed by atoms with E-state index in [4.69, 9.17) is 9.57 Å². The van der Waals surface area contributed by atoms with E-state index in [1.165, 1.54) is 10.5 Å². The minimum absolute atomic E-state index is 0.114. The zero-order valence-corrected chi connectivity index (χ0v) is 15.9. The lowest BCUT2D eigenvalue weighted by Gasteiger charge is -2.26. The number of carbonyl (C=O) groups excluding carboxylic acids is 2. The number of rotatable bonds is 3. The first-order valence-corrected chi connectivity index (χ1v) is 9.99. The van der Waals surface area contributed by atoms with Gasteiger partial charge < -0.3 is 9.57 Å². The van der Waals surface area contributed by atoms with Crippen molar-refractivity contribution in [3.8, 4) is 0 Å². The minimum atomic E-state index is -0.468. The second kappa shape index (κ2) is 6.00. The van der Waals surface area contributed by atoms with Crippen LogP contribution in [0.3, 0.4) is 0 Å². The summed E-state index contributed by atoms with van der Waals surface area (Å²) in [7, 11) is 0. The van der Waals surface area contributed by atoms with Gasteiger partial charge in [0.2, 0.25) is 11.8 Å². The molecule has 2 aromatic carbocycles. The monoisotopic (exact) mass is 388 g/mol. The number of likely N-dealkylation sites (tertiary alicyclic amines) is 1. The van der Waals surface area contributed by atoms with Gasteiger partial charge in [0, 0.05) is 0 Å². The van der Waals surface area contributed by atoms with Crippen molar-refractivity contribution in [3.05, 3.63) is 71.3 Å². The highest BCUT2D eigenvalue weighted by Crippen LogP contribution is 2.54. The Labute approximate surface area is 168 Å². The van der Waals surface area contributed by atoms with Crippen LogP contribution in [-0.2, 0) is 25.7 Å². The second-order valence-corrected chi connectivity index (χ2v) is 8.30. The Morgan fingerprint density at radius 1 is 0.862 bits per heavy atom. The third-order valence-corrected chi connectivity index (χ3v) is 6.66. The van der Waals surface area contributed by atoms with E-state index in [0.29, 0.717) is 6.54 Å². The van der Waals surface area contributed by atoms with Crippen LogP contribution < -0.4 is 0 Å². The highest BCUT2D eigenvalue weighted by molar-refractivity contribution is 6.09. The van der Waals surface area contributed by atoms with Crippen LogP contribution in [0, 0.1) is 24.7 Å². The molecule has 6 unspecified atom stereocenters. The van der Waals surface area contributed by atoms with Crippen molar-refractivity contribution in [1.29, 1.82) is 0 Å². The molecule has 4 aliphatic heterocycles. The highest BCUT2D eigenvalue weighted by atomic mass is 16.7. The van der Waals surface area contributed by atoms with Gasteiger partial charge >= 0.3 is 0 Å². The van der Waals surface area contributed by atoms with Crippen LogP contribution >= 0.6 is 0 Å². The fourth-order valence-electron chi connectivity index (χ4n) is 5.30. The minimum Gasteiger partial charge on any atom is -0.389 e. The molecule has 6 heteroatoms. The maximum atomic E-state index is 13.2. The number of nitrogens with zero attached hydrogens (tertiary/aromatic N) is 2. The fourth-order valence-corrected chi connectivity index (χ4v) is 5.30. The number of hydrogen-bond donors (Lipinski definition) is 0. The van der Waals surface area contributed by atoms with Gasteiger partial charge in [-0.25, -0.2) is 0 Å². The molecular weight excluding hydrogens is 368 g/mol. The molecule has 6 nitrogen and oxygen atoms in total. The quantitative estimate of drug-likeness (QED) is 0.757. The van der Waals surface area contributed by atoms with E-state index < -0.39 is 17.9 Å². The maximum Gasteiger partial charge on any atom is 0.236 e. The van der Waals surface area contributed by atoms with Crippen molar-refractivity contribution in [3.63, 3.8) is 0 Å². The summed E-state index contributed by atoms with van der Waals surface area (Å²) in [6, 6.07) is 17.7. The van der Waals surface area contributed by atoms with Gasteiger partial charge in [-0.2, -0.15) is 0 Å². The standard InChI is InChI=1S/C23H20N2O4/c1-12-7-9-14(10-8-12)18-17-19-15-16(20(28-19)21(17)29-24-18)23(27)25(22(15)26)11-13-5-3-2-4-6-13/h2-10,15-17,19-21H,11H2,1H3. The van der Waals surface area contributed by atoms with E-state index in [9.17, 15) is 9.59 Å². The topological polar surface area (TPSA) is 68.2 Å². The largest absolute Gasteiger partial charge is 0.389 e. The van der Waals surface area contributed by atoms with Crippen LogP contribution in [0.4, 0.5) is 0 Å². The molecule has 0 aromatic heterocycles. The molecular formula is C23H20N2O4. The van der Waals surface area contributed by atoms with Gasteiger partial charge in [0.05, 0.1) is 36.1 Å². The predicted molar refractivity (Wildman–Crippen MR) is 104 cm³/mol. The normalized spacial score (nSPS) is 34.2. The van der Waals surface area contributed by atoms with E-state index in [1.807, 2.05) is 61.5 Å². The van der Waals surface area contributed by atoms with Crippen LogP contribution in [0.5, 0.6) is 0 Å². The number of ether oxygens (including phenoxy) is 1. The molecule has 6 rings (SSSR count). The SMILES string of the molecule is Cc1ccc(C2=NOC3C4OC(C23)C2C(=O)N(Cc3ccccc3)C(=O)C42)cc1. The second-order valence-electron chi connectivity index (χ2n) is 8.30. The molecule has 0 spiro atoms. The van der Waals surface area contributed by atoms with Crippen molar-refractivity contribution >= 4 is 17.5 Å². The molecule has 146 valence electrons. The smallest absolute Gasteiger partial charge is 0.236 e. The molecule has 0 aliphatic carbocycles. The first-order chi connectivity index (χ1) is 14.1. The van der Waals surface area contributed by atoms with Gasteiger partial charge in [-0.05, 0) is 18.1 Å². The summed E-state index contributed by atoms with van der Waals surface area (Å²) in [5.41, 5.74) is 3.92. The Bertz CT molecular complexity index is 1030. The van der Waals surface area contributed by atoms with Crippen molar-refractivity contribution in [2.24, 2.45) is 22.9 Å². The molecule has 3 fully saturated rings. The Morgan fingerprint density at radius 3 is 2.28 bits per heavy atom. The third kappa shape index (κ3) is 2.29. The van der Waals surface area contributed by atoms with Crippen molar-refractivity contribution in [1.82, 2.24) is 4.90 Å². The molecule has 2 bridgehead atoms. The number of oxime groups is 1. The van der Waals surface area contributed by atoms with Crippen molar-refractivity contribution in [2.75, 3.05) is 0 Å². The first kappa shape index (κ1) is 16.9. The summed E-state index contributed by atoms with van der Waals surface area (Å²) >= 11 is 0. The molecule has 0 radical (unpaired) electrons. The summed E-state index contributed by atoms with van der Waals surface area (Å²) in [4.78, 5) is 33.4. The number of amides is 2. The number of carbonyl (C=O) groups is 2. The van der Waals surface area contributed by atoms with Crippen LogP contribution in [0.15, 0.2) is 59.8 Å². The van der Waals surface area contributed by atoms with E-state index in [1.54, 1.807) is 0 Å². The Kier molecular flexibility index (Phi) is 3.50. The number of hydrogen-bond acceptors (Lipinski definition) is 5. The average molecular weight is 388 g/mol. The number of fused-ring (bicyclic) bond motifs is 8. The van der Waals surface area contributed by atoms with E-state index >= 15 is 0 Å². The lowest BCUT2D eigenvalue weighted by Crippen LogP contribution is -2.45. The summed E-state index contributed by atoms with van der Waals surface area (Å²) < 4.78 is 6.15. The van der Waals surface area contributed by atoms with Gasteiger partial charge in [-0.1, -0.05) is 65.3 Å². The molecule has 29 heavy (non-hydrogen) atoms. The zero-order valence-electron chi connectivity index (χ0n) is 15.9. The molecule has 4 aliphatic rings. The average Bonchev–Trinajstić information content (AvgIpc) is 3.47. The van der Waals surface area contributed by atoms with Crippen LogP contribution in [0.25, 0.3) is 0 Å². The van der Waals surface area contributed by atoms with Gasteiger partial charge in [0.1, 0.15) is 6.10 Å². The third-order valence-electron chi connectivity index (χ3n) is 6.66. The molecule has 4 heterocycles. The Balaban J connectivity index is 1.30. The molecule has 3 saturated heterocycles. The molecule has 2 amide bonds. The number of aryl methyl sites for hydroxylation is 1. The summed E-state index contributed by atoms with van der Waals surface area (Å²) in [6.07, 6.45) is -1.08. The maximum absolute atomic E-state index is 13.2. The lowest BCUT2D eigenvalue weighted by atomic mass is 9.71. The van der Waals surface area contributed by atoms with Crippen molar-refractivity contribution < 1.29 is 19.2 Å². The summed E-state index contributed by atoms with van der Waals surface area (Å²) in [5.74, 6) is -1.32. The lowest BCUT2D eigenvalue weighted by molar-refractivity contribution is -0.144. The summed E-state index contributed by atoms with van der Waals surface area (Å²) in [5, 5.41) is 4.33. The Morgan fingerprint density at radius 2 is 1.55 bits per heavy atom. The van der Waals surface area contributed by atoms with Crippen molar-refractivity contribution in [2.45, 2.75) is 31.8 Å². The molecule has 0 N–H and O–H groups in total. The van der Waals surface area contributed by atoms with Gasteiger partial charge in [0.25, 0.3) is 0 Å². The highest BCUT2D eigenvalue weighted by Gasteiger charge is 2.72. The predicted octanol–water partition coefficient (Wildman–Crippen LogP) is 2.30. The van der Waals surface area contributed by atoms with Gasteiger partial charge in [0.15, 0.2) is 6.10 Å². The first-order valence-electron chi connectivity index (χ1n) is 9.99. The van der Waals surface area contributed by atoms with Crippen LogP contribution in [0.2, 0.25) is 0 Å². The van der Waals surface area contributed by atoms with Gasteiger partial charge in [-0.3, -0.25) is 14.5 Å². The van der Waals surface area contributed by atoms with Crippen LogP contribution in [0.1, 0.15) is 16.7 Å². The zero-order chi connectivity index (χ0) is 19.7. The van der Waals surface area contributed by atoms with E-state index in [0.717, 1.165) is 16.8 Å². The van der Waals surface area contributed by atoms with E-state index in [2.05, 4.69) is 5.16 Å². The van der Waals surface area contributed by atoms with E-state index in [-0.39, 0.29) is 29.9 Å². The van der Waals surface area contributed by atoms with Gasteiger partial charge in [-0.15, -0.1) is 0 Å². The number of imide groups is 1. The molecule has 0 saturated carbocycles. The molecule has 6 atom stereocenters. The Hall–Kier alpha value is -2.99. The summed E-state index contributed by atoms with van der Waals surface area (Å²) in [6.45, 7) is 2.34. The fraction of sp³-hybridized carbons (Fsp3) is 0.348.